The number of hydrogen-bond donors (Lipinski definition) is 1. The van der Waals surface area contributed by atoms with E-state index in [0.717, 1.165) is 17.2 Å². The van der Waals surface area contributed by atoms with Gasteiger partial charge in [0.1, 0.15) is 23.2 Å². The molecule has 6 nitrogen and oxygen atoms in total. The number of fused-ring (bicyclic) bond motifs is 1. The van der Waals surface area contributed by atoms with Crippen molar-refractivity contribution in [1.29, 1.82) is 5.26 Å². The number of anilines is 1. The minimum absolute atomic E-state index is 0.0171. The van der Waals surface area contributed by atoms with Crippen molar-refractivity contribution in [2.45, 2.75) is 38.8 Å². The van der Waals surface area contributed by atoms with E-state index in [9.17, 15) is 10.1 Å². The number of rotatable bonds is 2. The number of hydrogen-bond acceptors (Lipinski definition) is 5. The van der Waals surface area contributed by atoms with E-state index in [2.05, 4.69) is 16.4 Å². The molecule has 1 aromatic carbocycles. The summed E-state index contributed by atoms with van der Waals surface area (Å²) in [5.41, 5.74) is -0.195. The number of benzene rings is 1. The minimum Gasteiger partial charge on any atom is -0.444 e. The van der Waals surface area contributed by atoms with Gasteiger partial charge in [-0.25, -0.2) is 9.78 Å². The summed E-state index contributed by atoms with van der Waals surface area (Å²) in [5, 5.41) is 14.8. The summed E-state index contributed by atoms with van der Waals surface area (Å²) >= 11 is 6.35. The zero-order valence-electron chi connectivity index (χ0n) is 15.0. The zero-order chi connectivity index (χ0) is 18.9. The smallest absolute Gasteiger partial charge is 0.410 e. The van der Waals surface area contributed by atoms with E-state index in [0.29, 0.717) is 29.6 Å². The molecule has 1 aromatic heterocycles. The third-order valence-corrected chi connectivity index (χ3v) is 4.42. The molecule has 1 aliphatic heterocycles. The normalized spacial score (nSPS) is 17.2. The summed E-state index contributed by atoms with van der Waals surface area (Å²) in [4.78, 5) is 18.3. The molecule has 0 aliphatic carbocycles. The fourth-order valence-corrected chi connectivity index (χ4v) is 3.26. The van der Waals surface area contributed by atoms with Crippen LogP contribution < -0.4 is 5.32 Å². The van der Waals surface area contributed by atoms with Crippen LogP contribution in [0.1, 0.15) is 32.9 Å². The van der Waals surface area contributed by atoms with Gasteiger partial charge in [-0.3, -0.25) is 0 Å². The average Bonchev–Trinajstić information content (AvgIpc) is 3.01. The van der Waals surface area contributed by atoms with E-state index in [1.165, 1.54) is 0 Å². The SMILES string of the molecule is CC(C)(C)OC(=O)N1CCC(Nc2nc(C#N)cc3cccc(Cl)c23)C1. The predicted molar refractivity (Wildman–Crippen MR) is 101 cm³/mol. The molecule has 1 unspecified atom stereocenters. The molecule has 3 rings (SSSR count). The van der Waals surface area contributed by atoms with Crippen molar-refractivity contribution >= 4 is 34.3 Å². The van der Waals surface area contributed by atoms with Gasteiger partial charge in [-0.15, -0.1) is 0 Å². The third kappa shape index (κ3) is 4.00. The Labute approximate surface area is 157 Å². The number of carbonyl (C=O) groups excluding carboxylic acids is 1. The molecular weight excluding hydrogens is 352 g/mol. The van der Waals surface area contributed by atoms with Crippen LogP contribution in [0.3, 0.4) is 0 Å². The number of nitrogens with one attached hydrogen (secondary N) is 1. The average molecular weight is 373 g/mol. The van der Waals surface area contributed by atoms with Crippen LogP contribution in [0.15, 0.2) is 24.3 Å². The Bertz CT molecular complexity index is 885. The second-order valence-corrected chi connectivity index (χ2v) is 7.77. The Hall–Kier alpha value is -2.52. The highest BCUT2D eigenvalue weighted by Gasteiger charge is 2.30. The quantitative estimate of drug-likeness (QED) is 0.855. The lowest BCUT2D eigenvalue weighted by Gasteiger charge is -2.24. The first-order valence-electron chi connectivity index (χ1n) is 8.50. The lowest BCUT2D eigenvalue weighted by atomic mass is 10.1. The second-order valence-electron chi connectivity index (χ2n) is 7.36. The lowest BCUT2D eigenvalue weighted by molar-refractivity contribution is 0.0293. The van der Waals surface area contributed by atoms with Gasteiger partial charge >= 0.3 is 6.09 Å². The maximum absolute atomic E-state index is 12.2. The fourth-order valence-electron chi connectivity index (χ4n) is 2.99. The van der Waals surface area contributed by atoms with Gasteiger partial charge in [0, 0.05) is 24.5 Å². The molecule has 1 amide bonds. The van der Waals surface area contributed by atoms with Gasteiger partial charge in [0.2, 0.25) is 0 Å². The summed E-state index contributed by atoms with van der Waals surface area (Å²) in [6.45, 7) is 6.67. The molecule has 1 aliphatic rings. The molecule has 1 saturated heterocycles. The zero-order valence-corrected chi connectivity index (χ0v) is 15.8. The first-order valence-corrected chi connectivity index (χ1v) is 8.88. The molecule has 2 heterocycles. The van der Waals surface area contributed by atoms with Gasteiger partial charge < -0.3 is 15.0 Å². The van der Waals surface area contributed by atoms with Crippen LogP contribution in [0.25, 0.3) is 10.8 Å². The Morgan fingerprint density at radius 3 is 2.92 bits per heavy atom. The number of nitriles is 1. The summed E-state index contributed by atoms with van der Waals surface area (Å²) in [6.07, 6.45) is 0.451. The van der Waals surface area contributed by atoms with E-state index in [1.54, 1.807) is 17.0 Å². The van der Waals surface area contributed by atoms with Crippen LogP contribution in [-0.2, 0) is 4.74 Å². The first kappa shape index (κ1) is 18.3. The van der Waals surface area contributed by atoms with Crippen LogP contribution in [-0.4, -0.2) is 40.7 Å². The number of nitrogens with zero attached hydrogens (tertiary/aromatic N) is 3. The van der Waals surface area contributed by atoms with E-state index in [1.807, 2.05) is 32.9 Å². The number of aromatic nitrogens is 1. The van der Waals surface area contributed by atoms with Crippen LogP contribution >= 0.6 is 11.6 Å². The Morgan fingerprint density at radius 2 is 2.23 bits per heavy atom. The number of likely N-dealkylation sites (tertiary alicyclic amines) is 1. The van der Waals surface area contributed by atoms with Crippen LogP contribution in [0.5, 0.6) is 0 Å². The summed E-state index contributed by atoms with van der Waals surface area (Å²) in [6, 6.07) is 9.35. The molecule has 0 saturated carbocycles. The molecule has 136 valence electrons. The minimum atomic E-state index is -0.519. The van der Waals surface area contributed by atoms with Gasteiger partial charge in [-0.1, -0.05) is 23.7 Å². The van der Waals surface area contributed by atoms with Crippen LogP contribution in [0, 0.1) is 11.3 Å². The van der Waals surface area contributed by atoms with Crippen molar-refractivity contribution in [1.82, 2.24) is 9.88 Å². The van der Waals surface area contributed by atoms with Gasteiger partial charge in [0.25, 0.3) is 0 Å². The topological polar surface area (TPSA) is 78.2 Å². The van der Waals surface area contributed by atoms with Crippen molar-refractivity contribution in [3.8, 4) is 6.07 Å². The van der Waals surface area contributed by atoms with Crippen LogP contribution in [0.2, 0.25) is 5.02 Å². The molecule has 7 heteroatoms. The Morgan fingerprint density at radius 1 is 1.46 bits per heavy atom. The lowest BCUT2D eigenvalue weighted by Crippen LogP contribution is -2.36. The molecule has 1 N–H and O–H groups in total. The van der Waals surface area contributed by atoms with E-state index < -0.39 is 5.60 Å². The van der Waals surface area contributed by atoms with Gasteiger partial charge in [0.15, 0.2) is 0 Å². The Kier molecular flexibility index (Phi) is 4.92. The number of amides is 1. The second kappa shape index (κ2) is 7.00. The van der Waals surface area contributed by atoms with Gasteiger partial charge in [-0.2, -0.15) is 5.26 Å². The Balaban J connectivity index is 1.80. The van der Waals surface area contributed by atoms with Gasteiger partial charge in [0.05, 0.1) is 5.02 Å². The van der Waals surface area contributed by atoms with Crippen molar-refractivity contribution in [2.24, 2.45) is 0 Å². The largest absolute Gasteiger partial charge is 0.444 e. The molecule has 2 aromatic rings. The van der Waals surface area contributed by atoms with E-state index in [4.69, 9.17) is 16.3 Å². The van der Waals surface area contributed by atoms with Crippen molar-refractivity contribution in [3.05, 3.63) is 35.0 Å². The molecule has 1 fully saturated rings. The maximum atomic E-state index is 12.2. The first-order chi connectivity index (χ1) is 12.3. The van der Waals surface area contributed by atoms with Crippen molar-refractivity contribution < 1.29 is 9.53 Å². The monoisotopic (exact) mass is 372 g/mol. The molecule has 0 radical (unpaired) electrons. The number of pyridine rings is 1. The summed E-state index contributed by atoms with van der Waals surface area (Å²) in [7, 11) is 0. The highest BCUT2D eigenvalue weighted by atomic mass is 35.5. The maximum Gasteiger partial charge on any atom is 0.410 e. The predicted octanol–water partition coefficient (Wildman–Crippen LogP) is 4.18. The molecule has 0 bridgehead atoms. The molecule has 1 atom stereocenters. The van der Waals surface area contributed by atoms with Crippen molar-refractivity contribution in [2.75, 3.05) is 18.4 Å². The summed E-state index contributed by atoms with van der Waals surface area (Å²) < 4.78 is 5.43. The molecule has 26 heavy (non-hydrogen) atoms. The number of halogens is 1. The van der Waals surface area contributed by atoms with E-state index >= 15 is 0 Å². The third-order valence-electron chi connectivity index (χ3n) is 4.10. The highest BCUT2D eigenvalue weighted by Crippen LogP contribution is 2.31. The molecule has 0 spiro atoms. The summed E-state index contributed by atoms with van der Waals surface area (Å²) in [5.74, 6) is 0.570. The molecular formula is C19H21ClN4O2. The van der Waals surface area contributed by atoms with Crippen LogP contribution in [0.4, 0.5) is 10.6 Å². The fraction of sp³-hybridized carbons (Fsp3) is 0.421. The number of ether oxygens (including phenoxy) is 1. The number of carbonyl (C=O) groups is 1. The van der Waals surface area contributed by atoms with Crippen molar-refractivity contribution in [3.63, 3.8) is 0 Å². The standard InChI is InChI=1S/C19H21ClN4O2/c1-19(2,3)26-18(25)24-8-7-13(11-24)22-17-16-12(5-4-6-15(16)20)9-14(10-21)23-17/h4-6,9,13H,7-8,11H2,1-3H3,(H,22,23). The van der Waals surface area contributed by atoms with Gasteiger partial charge in [-0.05, 0) is 44.7 Å². The highest BCUT2D eigenvalue weighted by molar-refractivity contribution is 6.36. The van der Waals surface area contributed by atoms with E-state index in [-0.39, 0.29) is 12.1 Å².